The Bertz CT molecular complexity index is 329. The zero-order chi connectivity index (χ0) is 13.9. The van der Waals surface area contributed by atoms with E-state index in [-0.39, 0.29) is 6.61 Å². The van der Waals surface area contributed by atoms with Crippen molar-refractivity contribution in [2.75, 3.05) is 53.7 Å². The molecule has 5 nitrogen and oxygen atoms in total. The molecule has 0 unspecified atom stereocenters. The highest BCUT2D eigenvalue weighted by molar-refractivity contribution is 5.31. The molecular weight excluding hydrogens is 246 g/mol. The lowest BCUT2D eigenvalue weighted by Gasteiger charge is -2.20. The van der Waals surface area contributed by atoms with E-state index in [9.17, 15) is 0 Å². The maximum atomic E-state index is 8.97. The minimum atomic E-state index is 0.145. The highest BCUT2D eigenvalue weighted by Crippen LogP contribution is 2.16. The van der Waals surface area contributed by atoms with Gasteiger partial charge in [0.25, 0.3) is 0 Å². The number of aliphatic hydroxyl groups excluding tert-OH is 1. The highest BCUT2D eigenvalue weighted by atomic mass is 16.5. The normalized spacial score (nSPS) is 10.7. The van der Waals surface area contributed by atoms with Crippen molar-refractivity contribution in [1.82, 2.24) is 4.90 Å². The van der Waals surface area contributed by atoms with E-state index in [0.717, 1.165) is 24.6 Å². The van der Waals surface area contributed by atoms with Crippen molar-refractivity contribution in [1.29, 1.82) is 0 Å². The van der Waals surface area contributed by atoms with Crippen LogP contribution in [0.4, 0.5) is 0 Å². The van der Waals surface area contributed by atoms with Gasteiger partial charge >= 0.3 is 0 Å². The number of rotatable bonds is 10. The van der Waals surface area contributed by atoms with Crippen molar-refractivity contribution < 1.29 is 19.3 Å². The Hall–Kier alpha value is -1.30. The fourth-order valence-electron chi connectivity index (χ4n) is 1.66. The first-order chi connectivity index (χ1) is 9.30. The average molecular weight is 269 g/mol. The molecule has 0 aliphatic heterocycles. The molecular formula is C14H23NO4. The zero-order valence-electron chi connectivity index (χ0n) is 11.7. The minimum Gasteiger partial charge on any atom is -0.497 e. The van der Waals surface area contributed by atoms with Crippen LogP contribution in [0.3, 0.4) is 0 Å². The third kappa shape index (κ3) is 6.42. The summed E-state index contributed by atoms with van der Waals surface area (Å²) in [6, 6.07) is 7.49. The van der Waals surface area contributed by atoms with Crippen LogP contribution in [0, 0.1) is 0 Å². The number of nitrogens with zero attached hydrogens (tertiary/aromatic N) is 1. The lowest BCUT2D eigenvalue weighted by atomic mass is 10.3. The number of methoxy groups -OCH3 is 2. The van der Waals surface area contributed by atoms with Gasteiger partial charge < -0.3 is 19.3 Å². The average Bonchev–Trinajstić information content (AvgIpc) is 2.45. The van der Waals surface area contributed by atoms with Crippen molar-refractivity contribution in [2.45, 2.75) is 0 Å². The number of aliphatic hydroxyl groups is 1. The lowest BCUT2D eigenvalue weighted by molar-refractivity contribution is 0.118. The molecule has 0 heterocycles. The Morgan fingerprint density at radius 3 is 2.16 bits per heavy atom. The standard InChI is InChI=1S/C14H23NO4/c1-17-11-8-15(7-10-16)9-12-19-14-5-3-13(18-2)4-6-14/h3-6,16H,7-12H2,1-2H3. The Morgan fingerprint density at radius 1 is 0.947 bits per heavy atom. The van der Waals surface area contributed by atoms with Gasteiger partial charge in [-0.25, -0.2) is 0 Å². The van der Waals surface area contributed by atoms with Gasteiger partial charge in [0.05, 0.1) is 20.3 Å². The van der Waals surface area contributed by atoms with Gasteiger partial charge in [-0.2, -0.15) is 0 Å². The van der Waals surface area contributed by atoms with Crippen molar-refractivity contribution in [3.63, 3.8) is 0 Å². The Morgan fingerprint density at radius 2 is 1.58 bits per heavy atom. The Kier molecular flexibility index (Phi) is 7.97. The van der Waals surface area contributed by atoms with E-state index in [1.165, 1.54) is 0 Å². The summed E-state index contributed by atoms with van der Waals surface area (Å²) in [7, 11) is 3.31. The fourth-order valence-corrected chi connectivity index (χ4v) is 1.66. The summed E-state index contributed by atoms with van der Waals surface area (Å²) in [6.45, 7) is 3.57. The van der Waals surface area contributed by atoms with Gasteiger partial charge in [0.2, 0.25) is 0 Å². The van der Waals surface area contributed by atoms with Gasteiger partial charge in [-0.05, 0) is 24.3 Å². The second-order valence-electron chi connectivity index (χ2n) is 4.08. The van der Waals surface area contributed by atoms with Gasteiger partial charge in [-0.3, -0.25) is 4.90 Å². The second-order valence-corrected chi connectivity index (χ2v) is 4.08. The topological polar surface area (TPSA) is 51.2 Å². The summed E-state index contributed by atoms with van der Waals surface area (Å²) in [4.78, 5) is 2.10. The van der Waals surface area contributed by atoms with Gasteiger partial charge in [0.15, 0.2) is 0 Å². The molecule has 0 radical (unpaired) electrons. The largest absolute Gasteiger partial charge is 0.497 e. The molecule has 0 bridgehead atoms. The predicted molar refractivity (Wildman–Crippen MR) is 73.9 cm³/mol. The minimum absolute atomic E-state index is 0.145. The van der Waals surface area contributed by atoms with Crippen LogP contribution in [0.5, 0.6) is 11.5 Å². The molecule has 1 N–H and O–H groups in total. The number of hydrogen-bond donors (Lipinski definition) is 1. The molecule has 0 aliphatic rings. The number of ether oxygens (including phenoxy) is 3. The van der Waals surface area contributed by atoms with Crippen molar-refractivity contribution >= 4 is 0 Å². The summed E-state index contributed by atoms with van der Waals surface area (Å²) >= 11 is 0. The summed E-state index contributed by atoms with van der Waals surface area (Å²) in [6.07, 6.45) is 0. The third-order valence-corrected chi connectivity index (χ3v) is 2.76. The van der Waals surface area contributed by atoms with Crippen molar-refractivity contribution in [2.24, 2.45) is 0 Å². The van der Waals surface area contributed by atoms with E-state index in [1.54, 1.807) is 14.2 Å². The first-order valence-electron chi connectivity index (χ1n) is 6.39. The molecule has 0 fully saturated rings. The van der Waals surface area contributed by atoms with Crippen LogP contribution in [-0.4, -0.2) is 63.7 Å². The van der Waals surface area contributed by atoms with Crippen LogP contribution in [0.1, 0.15) is 0 Å². The zero-order valence-corrected chi connectivity index (χ0v) is 11.7. The van der Waals surface area contributed by atoms with E-state index < -0.39 is 0 Å². The molecule has 0 aromatic heterocycles. The molecule has 0 saturated carbocycles. The van der Waals surface area contributed by atoms with Crippen LogP contribution < -0.4 is 9.47 Å². The smallest absolute Gasteiger partial charge is 0.119 e. The van der Waals surface area contributed by atoms with Crippen LogP contribution in [-0.2, 0) is 4.74 Å². The molecule has 0 spiro atoms. The first kappa shape index (κ1) is 15.8. The molecule has 1 rings (SSSR count). The maximum Gasteiger partial charge on any atom is 0.119 e. The summed E-state index contributed by atoms with van der Waals surface area (Å²) in [5.74, 6) is 1.63. The van der Waals surface area contributed by atoms with Gasteiger partial charge in [-0.15, -0.1) is 0 Å². The summed E-state index contributed by atoms with van der Waals surface area (Å²) < 4.78 is 15.8. The van der Waals surface area contributed by atoms with E-state index in [0.29, 0.717) is 19.8 Å². The van der Waals surface area contributed by atoms with Crippen LogP contribution in [0.2, 0.25) is 0 Å². The molecule has 1 aromatic carbocycles. The number of benzene rings is 1. The lowest BCUT2D eigenvalue weighted by Crippen LogP contribution is -2.33. The molecule has 5 heteroatoms. The highest BCUT2D eigenvalue weighted by Gasteiger charge is 2.04. The first-order valence-corrected chi connectivity index (χ1v) is 6.39. The molecule has 0 saturated heterocycles. The summed E-state index contributed by atoms with van der Waals surface area (Å²) in [5.41, 5.74) is 0. The Labute approximate surface area is 114 Å². The SMILES string of the molecule is COCCN(CCO)CCOc1ccc(OC)cc1. The van der Waals surface area contributed by atoms with Crippen molar-refractivity contribution in [3.05, 3.63) is 24.3 Å². The molecule has 0 amide bonds. The molecule has 19 heavy (non-hydrogen) atoms. The quantitative estimate of drug-likeness (QED) is 0.687. The maximum absolute atomic E-state index is 8.97. The van der Waals surface area contributed by atoms with Crippen LogP contribution >= 0.6 is 0 Å². The van der Waals surface area contributed by atoms with Crippen molar-refractivity contribution in [3.8, 4) is 11.5 Å². The predicted octanol–water partition coefficient (Wildman–Crippen LogP) is 1.01. The summed E-state index contributed by atoms with van der Waals surface area (Å²) in [5, 5.41) is 8.97. The van der Waals surface area contributed by atoms with E-state index in [1.807, 2.05) is 24.3 Å². The monoisotopic (exact) mass is 269 g/mol. The molecule has 1 aromatic rings. The van der Waals surface area contributed by atoms with Crippen LogP contribution in [0.15, 0.2) is 24.3 Å². The number of hydrogen-bond acceptors (Lipinski definition) is 5. The van der Waals surface area contributed by atoms with E-state index in [2.05, 4.69) is 4.90 Å². The molecule has 0 atom stereocenters. The van der Waals surface area contributed by atoms with Gasteiger partial charge in [0.1, 0.15) is 18.1 Å². The van der Waals surface area contributed by atoms with Gasteiger partial charge in [0, 0.05) is 26.7 Å². The second kappa shape index (κ2) is 9.61. The molecule has 108 valence electrons. The van der Waals surface area contributed by atoms with Crippen LogP contribution in [0.25, 0.3) is 0 Å². The van der Waals surface area contributed by atoms with E-state index in [4.69, 9.17) is 19.3 Å². The van der Waals surface area contributed by atoms with Gasteiger partial charge in [-0.1, -0.05) is 0 Å². The Balaban J connectivity index is 2.29. The molecule has 0 aliphatic carbocycles. The van der Waals surface area contributed by atoms with E-state index >= 15 is 0 Å². The fraction of sp³-hybridized carbons (Fsp3) is 0.571. The third-order valence-electron chi connectivity index (χ3n) is 2.76.